The molecule has 0 aromatic heterocycles. The van der Waals surface area contributed by atoms with Crippen molar-refractivity contribution in [3.05, 3.63) is 0 Å². The summed E-state index contributed by atoms with van der Waals surface area (Å²) in [5, 5.41) is 25.9. The van der Waals surface area contributed by atoms with Gasteiger partial charge in [-0.05, 0) is 32.6 Å². The Morgan fingerprint density at radius 1 is 0.882 bits per heavy atom. The third kappa shape index (κ3) is 13.7. The summed E-state index contributed by atoms with van der Waals surface area (Å²) in [5.74, 6) is -3.83. The van der Waals surface area contributed by atoms with Gasteiger partial charge in [0.25, 0.3) is 0 Å². The number of aliphatic hydroxyl groups excluding tert-OH is 1. The summed E-state index contributed by atoms with van der Waals surface area (Å²) in [4.78, 5) is 55.5. The van der Waals surface area contributed by atoms with E-state index in [4.69, 9.17) is 28.7 Å². The van der Waals surface area contributed by atoms with E-state index >= 15 is 0 Å². The zero-order valence-electron chi connectivity index (χ0n) is 19.1. The van der Waals surface area contributed by atoms with Crippen LogP contribution in [-0.4, -0.2) is 89.7 Å². The van der Waals surface area contributed by atoms with Gasteiger partial charge < -0.3 is 54.8 Å². The van der Waals surface area contributed by atoms with E-state index in [1.54, 1.807) is 0 Å². The van der Waals surface area contributed by atoms with Gasteiger partial charge in [0.15, 0.2) is 11.9 Å². The molecule has 4 atom stereocenters. The first-order valence-electron chi connectivity index (χ1n) is 10.5. The Kier molecular flexibility index (Phi) is 14.3. The molecule has 0 heterocycles. The molecule has 0 aliphatic heterocycles. The number of carboxylic acid groups (broad SMARTS) is 1. The number of carboxylic acids is 1. The van der Waals surface area contributed by atoms with E-state index in [0.717, 1.165) is 0 Å². The first kappa shape index (κ1) is 30.3. The molecule has 0 fully saturated rings. The fourth-order valence-electron chi connectivity index (χ4n) is 2.60. The van der Waals surface area contributed by atoms with Crippen LogP contribution in [0, 0.1) is 0 Å². The van der Waals surface area contributed by atoms with Crippen molar-refractivity contribution < 1.29 is 29.4 Å². The molecule has 0 aliphatic carbocycles. The Balaban J connectivity index is 4.69. The Hall–Kier alpha value is -3.66. The molecule has 0 aliphatic rings. The number of rotatable bonds is 16. The highest BCUT2D eigenvalue weighted by molar-refractivity contribution is 5.92. The van der Waals surface area contributed by atoms with Gasteiger partial charge in [-0.1, -0.05) is 0 Å². The molecule has 3 amide bonds. The van der Waals surface area contributed by atoms with Crippen LogP contribution < -0.4 is 44.6 Å². The second-order valence-corrected chi connectivity index (χ2v) is 7.41. The summed E-state index contributed by atoms with van der Waals surface area (Å²) in [6.07, 6.45) is -0.320. The molecule has 194 valence electrons. The maximum atomic E-state index is 12.4. The van der Waals surface area contributed by atoms with Crippen molar-refractivity contribution in [2.75, 3.05) is 19.6 Å². The number of aliphatic imine (C=N–C) groups is 2. The summed E-state index contributed by atoms with van der Waals surface area (Å²) in [6.45, 7) is 1.14. The molecular weight excluding hydrogens is 452 g/mol. The minimum absolute atomic E-state index is 0.0548. The van der Waals surface area contributed by atoms with E-state index in [1.165, 1.54) is 6.92 Å². The van der Waals surface area contributed by atoms with Crippen LogP contribution in [0.2, 0.25) is 0 Å². The minimum atomic E-state index is -1.39. The van der Waals surface area contributed by atoms with Crippen LogP contribution in [-0.2, 0) is 19.2 Å². The van der Waals surface area contributed by atoms with Gasteiger partial charge in [-0.2, -0.15) is 0 Å². The number of nitrogens with one attached hydrogen (secondary N) is 3. The van der Waals surface area contributed by atoms with Gasteiger partial charge in [-0.25, -0.2) is 4.79 Å². The number of aliphatic hydroxyl groups is 1. The van der Waals surface area contributed by atoms with E-state index in [9.17, 15) is 29.4 Å². The number of aliphatic carboxylic acids is 1. The Morgan fingerprint density at radius 3 is 1.88 bits per heavy atom. The van der Waals surface area contributed by atoms with Gasteiger partial charge in [0.2, 0.25) is 17.7 Å². The van der Waals surface area contributed by atoms with Gasteiger partial charge >= 0.3 is 5.97 Å². The Bertz CT molecular complexity index is 750. The summed E-state index contributed by atoms with van der Waals surface area (Å²) in [5.41, 5.74) is 26.6. The maximum Gasteiger partial charge on any atom is 0.326 e. The smallest absolute Gasteiger partial charge is 0.326 e. The second kappa shape index (κ2) is 16.0. The first-order valence-corrected chi connectivity index (χ1v) is 10.5. The summed E-state index contributed by atoms with van der Waals surface area (Å²) in [7, 11) is 0. The Morgan fingerprint density at radius 2 is 1.41 bits per heavy atom. The molecule has 16 nitrogen and oxygen atoms in total. The molecule has 0 aromatic rings. The summed E-state index contributed by atoms with van der Waals surface area (Å²) < 4.78 is 0. The number of carbonyl (C=O) groups excluding carboxylic acids is 3. The van der Waals surface area contributed by atoms with Gasteiger partial charge in [-0.3, -0.25) is 24.4 Å². The van der Waals surface area contributed by atoms with Crippen molar-refractivity contribution in [1.82, 2.24) is 16.0 Å². The molecule has 0 rings (SSSR count). The lowest BCUT2D eigenvalue weighted by Crippen LogP contribution is -2.57. The minimum Gasteiger partial charge on any atom is -0.480 e. The number of carbonyl (C=O) groups is 4. The van der Waals surface area contributed by atoms with E-state index < -0.39 is 54.5 Å². The molecule has 4 unspecified atom stereocenters. The van der Waals surface area contributed by atoms with Crippen LogP contribution in [0.5, 0.6) is 0 Å². The summed E-state index contributed by atoms with van der Waals surface area (Å²) >= 11 is 0. The number of hydrogen-bond donors (Lipinski definition) is 10. The van der Waals surface area contributed by atoms with Crippen molar-refractivity contribution in [2.45, 2.75) is 56.8 Å². The van der Waals surface area contributed by atoms with Gasteiger partial charge in [0.1, 0.15) is 12.1 Å². The normalized spacial score (nSPS) is 14.0. The predicted molar refractivity (Wildman–Crippen MR) is 124 cm³/mol. The standard InChI is InChI=1S/C18H36N10O6/c1-9(29)13(28-14(31)10(19)4-2-6-24-17(20)21)15(32)26-8-12(30)27-11(16(33)34)5-3-7-25-18(22)23/h9-11,13,29H,2-8,19H2,1H3,(H,26,32)(H,27,30)(H,28,31)(H,33,34)(H4,20,21,24)(H4,22,23,25). The Labute approximate surface area is 196 Å². The monoisotopic (exact) mass is 488 g/mol. The highest BCUT2D eigenvalue weighted by Crippen LogP contribution is 2.00. The molecule has 0 saturated carbocycles. The molecule has 0 bridgehead atoms. The summed E-state index contributed by atoms with van der Waals surface area (Å²) in [6, 6.07) is -3.59. The first-order chi connectivity index (χ1) is 15.8. The van der Waals surface area contributed by atoms with Crippen molar-refractivity contribution in [3.63, 3.8) is 0 Å². The number of guanidine groups is 2. The van der Waals surface area contributed by atoms with Crippen molar-refractivity contribution in [3.8, 4) is 0 Å². The van der Waals surface area contributed by atoms with Crippen LogP contribution in [0.15, 0.2) is 9.98 Å². The van der Waals surface area contributed by atoms with Crippen LogP contribution in [0.3, 0.4) is 0 Å². The number of nitrogens with two attached hydrogens (primary N) is 5. The topological polar surface area (TPSA) is 300 Å². The third-order valence-electron chi connectivity index (χ3n) is 4.37. The van der Waals surface area contributed by atoms with Crippen LogP contribution >= 0.6 is 0 Å². The third-order valence-corrected chi connectivity index (χ3v) is 4.37. The lowest BCUT2D eigenvalue weighted by Gasteiger charge is -2.23. The van der Waals surface area contributed by atoms with Crippen LogP contribution in [0.1, 0.15) is 32.6 Å². The molecule has 16 heteroatoms. The average molecular weight is 489 g/mol. The zero-order chi connectivity index (χ0) is 26.3. The molecule has 0 saturated heterocycles. The molecule has 15 N–H and O–H groups in total. The lowest BCUT2D eigenvalue weighted by molar-refractivity contribution is -0.142. The SMILES string of the molecule is CC(O)C(NC(=O)C(N)CCCN=C(N)N)C(=O)NCC(=O)NC(CCCN=C(N)N)C(=O)O. The molecule has 0 radical (unpaired) electrons. The van der Waals surface area contributed by atoms with Crippen molar-refractivity contribution in [1.29, 1.82) is 0 Å². The number of amides is 3. The molecule has 0 aromatic carbocycles. The van der Waals surface area contributed by atoms with E-state index in [0.29, 0.717) is 12.8 Å². The second-order valence-electron chi connectivity index (χ2n) is 7.41. The fourth-order valence-corrected chi connectivity index (χ4v) is 2.60. The predicted octanol–water partition coefficient (Wildman–Crippen LogP) is -5.03. The highest BCUT2D eigenvalue weighted by atomic mass is 16.4. The van der Waals surface area contributed by atoms with Crippen LogP contribution in [0.4, 0.5) is 0 Å². The maximum absolute atomic E-state index is 12.4. The quantitative estimate of drug-likeness (QED) is 0.0556. The number of hydrogen-bond acceptors (Lipinski definition) is 8. The van der Waals surface area contributed by atoms with E-state index in [-0.39, 0.29) is 37.9 Å². The van der Waals surface area contributed by atoms with Gasteiger partial charge in [0, 0.05) is 13.1 Å². The average Bonchev–Trinajstić information content (AvgIpc) is 2.74. The zero-order valence-corrected chi connectivity index (χ0v) is 19.1. The number of nitrogens with zero attached hydrogens (tertiary/aromatic N) is 2. The lowest BCUT2D eigenvalue weighted by atomic mass is 10.1. The molecule has 0 spiro atoms. The van der Waals surface area contributed by atoms with Crippen LogP contribution in [0.25, 0.3) is 0 Å². The van der Waals surface area contributed by atoms with Gasteiger partial charge in [0.05, 0.1) is 18.7 Å². The van der Waals surface area contributed by atoms with Crippen molar-refractivity contribution in [2.24, 2.45) is 38.7 Å². The molecule has 34 heavy (non-hydrogen) atoms. The highest BCUT2D eigenvalue weighted by Gasteiger charge is 2.28. The fraction of sp³-hybridized carbons (Fsp3) is 0.667. The molecular formula is C18H36N10O6. The van der Waals surface area contributed by atoms with E-state index in [1.807, 2.05) is 0 Å². The van der Waals surface area contributed by atoms with Gasteiger partial charge in [-0.15, -0.1) is 0 Å². The van der Waals surface area contributed by atoms with Crippen molar-refractivity contribution >= 4 is 35.6 Å². The largest absolute Gasteiger partial charge is 0.480 e. The van der Waals surface area contributed by atoms with E-state index in [2.05, 4.69) is 25.9 Å².